The van der Waals surface area contributed by atoms with E-state index in [1.54, 1.807) is 4.90 Å². The number of hydrogen-bond donors (Lipinski definition) is 0. The number of rotatable bonds is 2. The van der Waals surface area contributed by atoms with E-state index in [2.05, 4.69) is 72.8 Å². The molecule has 4 aromatic rings. The molecule has 0 bridgehead atoms. The molecule has 1 aliphatic heterocycles. The monoisotopic (exact) mass is 467 g/mol. The van der Waals surface area contributed by atoms with Crippen molar-refractivity contribution in [2.24, 2.45) is 0 Å². The van der Waals surface area contributed by atoms with Crippen LogP contribution in [0.5, 0.6) is 0 Å². The van der Waals surface area contributed by atoms with E-state index in [1.165, 1.54) is 22.3 Å². The quantitative estimate of drug-likeness (QED) is 0.330. The number of nitrogens with zero attached hydrogens (tertiary/aromatic N) is 1. The van der Waals surface area contributed by atoms with Crippen molar-refractivity contribution in [2.75, 3.05) is 6.54 Å². The zero-order valence-electron chi connectivity index (χ0n) is 20.1. The van der Waals surface area contributed by atoms with Gasteiger partial charge in [-0.25, -0.2) is 0 Å². The minimum atomic E-state index is -0.946. The molecule has 3 nitrogen and oxygen atoms in total. The average molecular weight is 468 g/mol. The molecule has 3 heteroatoms. The molecule has 2 fully saturated rings. The highest BCUT2D eigenvalue weighted by Gasteiger charge is 2.87. The van der Waals surface area contributed by atoms with Gasteiger partial charge in [0.15, 0.2) is 0 Å². The van der Waals surface area contributed by atoms with Crippen molar-refractivity contribution in [1.82, 2.24) is 4.90 Å². The van der Waals surface area contributed by atoms with E-state index in [9.17, 15) is 9.59 Å². The first kappa shape index (κ1) is 20.2. The van der Waals surface area contributed by atoms with Gasteiger partial charge in [0.05, 0.1) is 0 Å². The predicted octanol–water partition coefficient (Wildman–Crippen LogP) is 6.18. The lowest BCUT2D eigenvalue weighted by atomic mass is 9.30. The number of fused-ring (bicyclic) bond motifs is 9. The smallest absolute Gasteiger partial charge is 0.241 e. The van der Waals surface area contributed by atoms with Gasteiger partial charge in [-0.15, -0.1) is 0 Å². The molecule has 4 aliphatic rings. The number of carbonyl (C=O) groups excluding carboxylic acids is 2. The van der Waals surface area contributed by atoms with Crippen LogP contribution in [0.2, 0.25) is 0 Å². The van der Waals surface area contributed by atoms with Crippen LogP contribution in [0.15, 0.2) is 97.1 Å². The summed E-state index contributed by atoms with van der Waals surface area (Å²) in [6.45, 7) is 2.49. The number of imide groups is 1. The molecule has 0 unspecified atom stereocenters. The Hall–Kier alpha value is -3.98. The Labute approximate surface area is 210 Å². The topological polar surface area (TPSA) is 37.4 Å². The van der Waals surface area contributed by atoms with Gasteiger partial charge in [0.1, 0.15) is 10.8 Å². The third kappa shape index (κ3) is 1.88. The zero-order valence-corrected chi connectivity index (χ0v) is 20.1. The van der Waals surface area contributed by atoms with E-state index in [1.807, 2.05) is 31.2 Å². The standard InChI is InChI=1S/C33H25NO2/c1-2-19-34-30(35)32-26-17-9-7-13-22(26)23-14-8-10-18-27(23)33(32,31(34)36)29-25-16-6-4-12-21(25)20-11-3-5-15-24(20)28(29)32/h3-18,28-29H,2,19H2,1H3/t28-,29+,32-,33+. The Bertz CT molecular complexity index is 1520. The predicted molar refractivity (Wildman–Crippen MR) is 140 cm³/mol. The first-order valence-electron chi connectivity index (χ1n) is 12.9. The molecule has 0 spiro atoms. The van der Waals surface area contributed by atoms with Gasteiger partial charge in [0, 0.05) is 18.4 Å². The third-order valence-corrected chi connectivity index (χ3v) is 9.38. The SMILES string of the molecule is CCCN1C(=O)[C@@]23c4ccccc4-c4ccccc4[C@]2(C1=O)[C@@H]1c2ccccc2-c2ccccc2[C@@H]13. The summed E-state index contributed by atoms with van der Waals surface area (Å²) in [7, 11) is 0. The Balaban J connectivity index is 1.58. The van der Waals surface area contributed by atoms with Crippen LogP contribution in [0.1, 0.15) is 47.4 Å². The Morgan fingerprint density at radius 1 is 0.583 bits per heavy atom. The van der Waals surface area contributed by atoms with E-state index >= 15 is 0 Å². The molecular formula is C33H25NO2. The van der Waals surface area contributed by atoms with Crippen LogP contribution in [0, 0.1) is 0 Å². The number of carbonyl (C=O) groups is 2. The number of hydrogen-bond acceptors (Lipinski definition) is 2. The van der Waals surface area contributed by atoms with E-state index < -0.39 is 10.8 Å². The first-order chi connectivity index (χ1) is 17.7. The second-order valence-corrected chi connectivity index (χ2v) is 10.6. The zero-order chi connectivity index (χ0) is 24.2. The molecular weight excluding hydrogens is 442 g/mol. The van der Waals surface area contributed by atoms with Crippen LogP contribution in [0.3, 0.4) is 0 Å². The molecule has 4 aromatic carbocycles. The van der Waals surface area contributed by atoms with Crippen molar-refractivity contribution in [3.8, 4) is 22.3 Å². The largest absolute Gasteiger partial charge is 0.281 e. The Morgan fingerprint density at radius 3 is 1.42 bits per heavy atom. The molecule has 1 saturated carbocycles. The highest BCUT2D eigenvalue weighted by molar-refractivity contribution is 6.22. The fourth-order valence-electron chi connectivity index (χ4n) is 8.41. The van der Waals surface area contributed by atoms with Gasteiger partial charge in [-0.2, -0.15) is 0 Å². The number of benzene rings is 4. The Kier molecular flexibility index (Phi) is 3.72. The van der Waals surface area contributed by atoms with Gasteiger partial charge in [-0.1, -0.05) is 104 Å². The summed E-state index contributed by atoms with van der Waals surface area (Å²) in [6.07, 6.45) is 0.745. The fourth-order valence-corrected chi connectivity index (χ4v) is 8.41. The normalized spacial score (nSPS) is 28.1. The van der Waals surface area contributed by atoms with Crippen LogP contribution in [0.4, 0.5) is 0 Å². The van der Waals surface area contributed by atoms with E-state index in [-0.39, 0.29) is 23.7 Å². The van der Waals surface area contributed by atoms with Crippen LogP contribution in [-0.4, -0.2) is 23.3 Å². The molecule has 1 saturated heterocycles. The van der Waals surface area contributed by atoms with Crippen LogP contribution < -0.4 is 0 Å². The molecule has 4 atom stereocenters. The molecule has 2 amide bonds. The maximum Gasteiger partial charge on any atom is 0.241 e. The molecule has 0 N–H and O–H groups in total. The summed E-state index contributed by atoms with van der Waals surface area (Å²) in [5.74, 6) is -0.244. The van der Waals surface area contributed by atoms with Crippen LogP contribution in [-0.2, 0) is 20.4 Å². The molecule has 174 valence electrons. The summed E-state index contributed by atoms with van der Waals surface area (Å²) in [5.41, 5.74) is 7.03. The average Bonchev–Trinajstić information content (AvgIpc) is 3.07. The molecule has 8 rings (SSSR count). The first-order valence-corrected chi connectivity index (χ1v) is 12.9. The van der Waals surface area contributed by atoms with Gasteiger partial charge in [-0.05, 0) is 50.9 Å². The van der Waals surface area contributed by atoms with Crippen molar-refractivity contribution in [1.29, 1.82) is 0 Å². The van der Waals surface area contributed by atoms with Crippen LogP contribution >= 0.6 is 0 Å². The minimum Gasteiger partial charge on any atom is -0.281 e. The van der Waals surface area contributed by atoms with Crippen molar-refractivity contribution in [3.63, 3.8) is 0 Å². The summed E-state index contributed by atoms with van der Waals surface area (Å²) in [6, 6.07) is 33.7. The lowest BCUT2D eigenvalue weighted by Crippen LogP contribution is -2.72. The van der Waals surface area contributed by atoms with E-state index in [0.717, 1.165) is 28.7 Å². The van der Waals surface area contributed by atoms with Crippen molar-refractivity contribution >= 4 is 11.8 Å². The lowest BCUT2D eigenvalue weighted by molar-refractivity contribution is -0.140. The summed E-state index contributed by atoms with van der Waals surface area (Å²) in [5, 5.41) is 0. The maximum absolute atomic E-state index is 14.8. The minimum absolute atomic E-state index is 0.0215. The van der Waals surface area contributed by atoms with Crippen molar-refractivity contribution < 1.29 is 9.59 Å². The molecule has 1 heterocycles. The highest BCUT2D eigenvalue weighted by Crippen LogP contribution is 2.81. The highest BCUT2D eigenvalue weighted by atomic mass is 16.2. The van der Waals surface area contributed by atoms with Gasteiger partial charge >= 0.3 is 0 Å². The van der Waals surface area contributed by atoms with Gasteiger partial charge in [-0.3, -0.25) is 14.5 Å². The van der Waals surface area contributed by atoms with Gasteiger partial charge in [0.25, 0.3) is 0 Å². The summed E-state index contributed by atoms with van der Waals surface area (Å²) in [4.78, 5) is 31.1. The van der Waals surface area contributed by atoms with Gasteiger partial charge in [0.2, 0.25) is 11.8 Å². The maximum atomic E-state index is 14.8. The van der Waals surface area contributed by atoms with Crippen LogP contribution in [0.25, 0.3) is 22.3 Å². The Morgan fingerprint density at radius 2 is 0.972 bits per heavy atom. The van der Waals surface area contributed by atoms with Crippen molar-refractivity contribution in [2.45, 2.75) is 36.0 Å². The number of likely N-dealkylation sites (tertiary alicyclic amines) is 1. The second kappa shape index (κ2) is 6.61. The second-order valence-electron chi connectivity index (χ2n) is 10.6. The lowest BCUT2D eigenvalue weighted by Gasteiger charge is -2.67. The summed E-state index contributed by atoms with van der Waals surface area (Å²) < 4.78 is 0. The molecule has 3 aliphatic carbocycles. The molecule has 36 heavy (non-hydrogen) atoms. The molecule has 0 aromatic heterocycles. The number of amides is 2. The molecule has 0 radical (unpaired) electrons. The van der Waals surface area contributed by atoms with Crippen molar-refractivity contribution in [3.05, 3.63) is 119 Å². The fraction of sp³-hybridized carbons (Fsp3) is 0.212. The summed E-state index contributed by atoms with van der Waals surface area (Å²) >= 11 is 0. The van der Waals surface area contributed by atoms with E-state index in [0.29, 0.717) is 6.54 Å². The third-order valence-electron chi connectivity index (χ3n) is 9.38. The van der Waals surface area contributed by atoms with E-state index in [4.69, 9.17) is 0 Å². The van der Waals surface area contributed by atoms with Gasteiger partial charge < -0.3 is 0 Å².